The number of alkyl halides is 3. The summed E-state index contributed by atoms with van der Waals surface area (Å²) in [5.41, 5.74) is -0.190. The largest absolute Gasteiger partial charge is 0.433 e. The van der Waals surface area contributed by atoms with Crippen LogP contribution in [0.1, 0.15) is 5.69 Å². The van der Waals surface area contributed by atoms with E-state index < -0.39 is 11.9 Å². The average Bonchev–Trinajstić information content (AvgIpc) is 2.67. The molecule has 0 bridgehead atoms. The van der Waals surface area contributed by atoms with Gasteiger partial charge in [-0.1, -0.05) is 0 Å². The predicted octanol–water partition coefficient (Wildman–Crippen LogP) is 2.29. The van der Waals surface area contributed by atoms with Gasteiger partial charge in [-0.05, 0) is 18.2 Å². The molecule has 0 atom stereocenters. The SMILES string of the molecule is O=C1CN(c2ncnc3cnccc23)CCN1c1ccnc(C(F)(F)F)c1. The van der Waals surface area contributed by atoms with E-state index in [0.717, 1.165) is 17.6 Å². The van der Waals surface area contributed by atoms with Gasteiger partial charge in [0.25, 0.3) is 0 Å². The van der Waals surface area contributed by atoms with E-state index in [-0.39, 0.29) is 24.7 Å². The first-order chi connectivity index (χ1) is 12.9. The van der Waals surface area contributed by atoms with Crippen molar-refractivity contribution in [2.24, 2.45) is 0 Å². The summed E-state index contributed by atoms with van der Waals surface area (Å²) < 4.78 is 38.6. The highest BCUT2D eigenvalue weighted by molar-refractivity contribution is 5.99. The lowest BCUT2D eigenvalue weighted by Crippen LogP contribution is -2.51. The van der Waals surface area contributed by atoms with Crippen LogP contribution < -0.4 is 9.80 Å². The topological polar surface area (TPSA) is 75.1 Å². The third-order valence-corrected chi connectivity index (χ3v) is 4.28. The Morgan fingerprint density at radius 3 is 2.67 bits per heavy atom. The Labute approximate surface area is 151 Å². The number of piperazine rings is 1. The smallest absolute Gasteiger partial charge is 0.345 e. The maximum atomic E-state index is 12.9. The Hall–Kier alpha value is -3.30. The summed E-state index contributed by atoms with van der Waals surface area (Å²) in [6, 6.07) is 4.05. The summed E-state index contributed by atoms with van der Waals surface area (Å²) >= 11 is 0. The minimum atomic E-state index is -4.56. The van der Waals surface area contributed by atoms with Crippen molar-refractivity contribution in [3.8, 4) is 0 Å². The second-order valence-electron chi connectivity index (χ2n) is 5.95. The molecule has 3 aromatic rings. The molecule has 0 aliphatic carbocycles. The lowest BCUT2D eigenvalue weighted by molar-refractivity contribution is -0.141. The molecule has 1 amide bonds. The number of nitrogens with zero attached hydrogens (tertiary/aromatic N) is 6. The molecular formula is C17H13F3N6O. The van der Waals surface area contributed by atoms with Crippen molar-refractivity contribution in [1.29, 1.82) is 0 Å². The van der Waals surface area contributed by atoms with Crippen molar-refractivity contribution in [3.05, 3.63) is 48.8 Å². The van der Waals surface area contributed by atoms with E-state index in [4.69, 9.17) is 0 Å². The third kappa shape index (κ3) is 3.25. The molecule has 7 nitrogen and oxygen atoms in total. The molecule has 1 saturated heterocycles. The van der Waals surface area contributed by atoms with Gasteiger partial charge in [-0.3, -0.25) is 14.8 Å². The van der Waals surface area contributed by atoms with Gasteiger partial charge in [0, 0.05) is 36.6 Å². The molecule has 0 unspecified atom stereocenters. The fourth-order valence-corrected chi connectivity index (χ4v) is 3.01. The number of anilines is 2. The van der Waals surface area contributed by atoms with Crippen LogP contribution in [0.5, 0.6) is 0 Å². The van der Waals surface area contributed by atoms with Gasteiger partial charge in [-0.25, -0.2) is 9.97 Å². The summed E-state index contributed by atoms with van der Waals surface area (Å²) in [5, 5.41) is 0.761. The van der Waals surface area contributed by atoms with Gasteiger partial charge in [0.2, 0.25) is 5.91 Å². The molecule has 1 fully saturated rings. The zero-order chi connectivity index (χ0) is 19.0. The number of hydrogen-bond acceptors (Lipinski definition) is 6. The van der Waals surface area contributed by atoms with E-state index in [2.05, 4.69) is 19.9 Å². The Balaban J connectivity index is 1.59. The normalized spacial score (nSPS) is 15.4. The molecule has 138 valence electrons. The number of carbonyl (C=O) groups excluding carboxylic acids is 1. The van der Waals surface area contributed by atoms with Gasteiger partial charge in [0.15, 0.2) is 0 Å². The van der Waals surface area contributed by atoms with Crippen molar-refractivity contribution >= 4 is 28.3 Å². The molecule has 10 heteroatoms. The number of pyridine rings is 2. The van der Waals surface area contributed by atoms with Gasteiger partial charge in [-0.15, -0.1) is 0 Å². The Morgan fingerprint density at radius 2 is 1.89 bits per heavy atom. The molecule has 0 N–H and O–H groups in total. The van der Waals surface area contributed by atoms with E-state index in [1.54, 1.807) is 23.4 Å². The van der Waals surface area contributed by atoms with Crippen LogP contribution in [0.2, 0.25) is 0 Å². The molecule has 0 saturated carbocycles. The first-order valence-corrected chi connectivity index (χ1v) is 8.07. The van der Waals surface area contributed by atoms with E-state index in [1.807, 2.05) is 0 Å². The van der Waals surface area contributed by atoms with E-state index >= 15 is 0 Å². The molecule has 1 aliphatic rings. The molecular weight excluding hydrogens is 361 g/mol. The van der Waals surface area contributed by atoms with Crippen molar-refractivity contribution < 1.29 is 18.0 Å². The van der Waals surface area contributed by atoms with Crippen LogP contribution in [-0.4, -0.2) is 45.5 Å². The molecule has 1 aliphatic heterocycles. The second kappa shape index (κ2) is 6.45. The lowest BCUT2D eigenvalue weighted by atomic mass is 10.2. The average molecular weight is 374 g/mol. The zero-order valence-corrected chi connectivity index (χ0v) is 13.9. The molecule has 4 rings (SSSR count). The van der Waals surface area contributed by atoms with Crippen LogP contribution >= 0.6 is 0 Å². The van der Waals surface area contributed by atoms with E-state index in [9.17, 15) is 18.0 Å². The molecule has 0 spiro atoms. The number of fused-ring (bicyclic) bond motifs is 1. The van der Waals surface area contributed by atoms with Gasteiger partial charge in [0.1, 0.15) is 17.8 Å². The lowest BCUT2D eigenvalue weighted by Gasteiger charge is -2.35. The minimum Gasteiger partial charge on any atom is -0.345 e. The number of amides is 1. The minimum absolute atomic E-state index is 0.00187. The summed E-state index contributed by atoms with van der Waals surface area (Å²) in [5.74, 6) is 0.280. The Kier molecular flexibility index (Phi) is 4.09. The molecule has 0 aromatic carbocycles. The van der Waals surface area contributed by atoms with Crippen molar-refractivity contribution in [3.63, 3.8) is 0 Å². The maximum absolute atomic E-state index is 12.9. The maximum Gasteiger partial charge on any atom is 0.433 e. The Morgan fingerprint density at radius 1 is 1.04 bits per heavy atom. The molecule has 0 radical (unpaired) electrons. The summed E-state index contributed by atoms with van der Waals surface area (Å²) in [4.78, 5) is 31.5. The number of carbonyl (C=O) groups is 1. The third-order valence-electron chi connectivity index (χ3n) is 4.28. The van der Waals surface area contributed by atoms with Gasteiger partial charge in [-0.2, -0.15) is 13.2 Å². The molecule has 4 heterocycles. The predicted molar refractivity (Wildman–Crippen MR) is 91.1 cm³/mol. The monoisotopic (exact) mass is 374 g/mol. The zero-order valence-electron chi connectivity index (χ0n) is 13.9. The Bertz CT molecular complexity index is 1000. The van der Waals surface area contributed by atoms with Crippen molar-refractivity contribution in [1.82, 2.24) is 19.9 Å². The van der Waals surface area contributed by atoms with Crippen LogP contribution in [0.3, 0.4) is 0 Å². The van der Waals surface area contributed by atoms with Crippen LogP contribution in [0, 0.1) is 0 Å². The van der Waals surface area contributed by atoms with Crippen LogP contribution in [-0.2, 0) is 11.0 Å². The highest BCUT2D eigenvalue weighted by atomic mass is 19.4. The number of hydrogen-bond donors (Lipinski definition) is 0. The number of halogens is 3. The summed E-state index contributed by atoms with van der Waals surface area (Å²) in [6.07, 6.45) is 1.11. The van der Waals surface area contributed by atoms with Crippen LogP contribution in [0.4, 0.5) is 24.7 Å². The number of aromatic nitrogens is 4. The highest BCUT2D eigenvalue weighted by Gasteiger charge is 2.34. The first-order valence-electron chi connectivity index (χ1n) is 8.07. The standard InChI is InChI=1S/C17H13F3N6O/c18-17(19,20)14-7-11(1-4-22-14)26-6-5-25(9-15(26)27)16-12-2-3-21-8-13(12)23-10-24-16/h1-4,7-8,10H,5-6,9H2. The number of rotatable bonds is 2. The van der Waals surface area contributed by atoms with Gasteiger partial charge >= 0.3 is 6.18 Å². The van der Waals surface area contributed by atoms with E-state index in [1.165, 1.54) is 17.3 Å². The van der Waals surface area contributed by atoms with Crippen LogP contribution in [0.15, 0.2) is 43.1 Å². The van der Waals surface area contributed by atoms with Crippen molar-refractivity contribution in [2.75, 3.05) is 29.4 Å². The first kappa shape index (κ1) is 17.1. The van der Waals surface area contributed by atoms with E-state index in [0.29, 0.717) is 17.9 Å². The van der Waals surface area contributed by atoms with Gasteiger partial charge in [0.05, 0.1) is 18.3 Å². The summed E-state index contributed by atoms with van der Waals surface area (Å²) in [6.45, 7) is 0.651. The second-order valence-corrected chi connectivity index (χ2v) is 5.95. The highest BCUT2D eigenvalue weighted by Crippen LogP contribution is 2.31. The fourth-order valence-electron chi connectivity index (χ4n) is 3.01. The van der Waals surface area contributed by atoms with Crippen molar-refractivity contribution in [2.45, 2.75) is 6.18 Å². The quantitative estimate of drug-likeness (QED) is 0.685. The van der Waals surface area contributed by atoms with Crippen LogP contribution in [0.25, 0.3) is 10.9 Å². The molecule has 27 heavy (non-hydrogen) atoms. The van der Waals surface area contributed by atoms with Gasteiger partial charge < -0.3 is 9.80 Å². The fraction of sp³-hybridized carbons (Fsp3) is 0.235. The molecule has 3 aromatic heterocycles. The summed E-state index contributed by atoms with van der Waals surface area (Å²) in [7, 11) is 0.